The average Bonchev–Trinajstić information content (AvgIpc) is 2.89. The van der Waals surface area contributed by atoms with Crippen molar-refractivity contribution in [3.05, 3.63) is 111 Å². The predicted molar refractivity (Wildman–Crippen MR) is 137 cm³/mol. The molecule has 4 rings (SSSR count). The predicted octanol–water partition coefficient (Wildman–Crippen LogP) is 1.44. The summed E-state index contributed by atoms with van der Waals surface area (Å²) in [6, 6.07) is 21.2. The first-order valence-corrected chi connectivity index (χ1v) is 12.7. The number of fused-ring (bicyclic) bond motifs is 1. The van der Waals surface area contributed by atoms with Crippen LogP contribution in [-0.4, -0.2) is 29.5 Å². The smallest absolute Gasteiger partial charge is 0.330 e. The normalized spacial score (nSPS) is 12.4. The van der Waals surface area contributed by atoms with Crippen LogP contribution < -0.4 is 21.3 Å². The minimum Gasteiger partial charge on any atom is -0.351 e. The topological polar surface area (TPSA) is 119 Å². The molecule has 10 heteroatoms. The zero-order valence-corrected chi connectivity index (χ0v) is 20.7. The third-order valence-corrected chi connectivity index (χ3v) is 7.42. The lowest BCUT2D eigenvalue weighted by atomic mass is 10.1. The van der Waals surface area contributed by atoms with E-state index in [4.69, 9.17) is 0 Å². The molecule has 9 nitrogen and oxygen atoms in total. The van der Waals surface area contributed by atoms with E-state index in [1.54, 1.807) is 0 Å². The second-order valence-corrected chi connectivity index (χ2v) is 10.2. The van der Waals surface area contributed by atoms with Crippen LogP contribution in [0.15, 0.2) is 93.3 Å². The van der Waals surface area contributed by atoms with Gasteiger partial charge in [0.1, 0.15) is 6.04 Å². The van der Waals surface area contributed by atoms with Gasteiger partial charge in [0.2, 0.25) is 15.9 Å². The molecule has 0 spiro atoms. The standard InChI is InChI=1S/C26H26N4O5S/c1-29-23-14-13-20(16-21(23)25(32)30(2)26(29)33)36(34,35)28-22(15-18-9-5-3-6-10-18)24(31)27-17-19-11-7-4-8-12-19/h3-14,16,22,28H,15,17H2,1-2H3,(H,27,31). The van der Waals surface area contributed by atoms with Crippen molar-refractivity contribution < 1.29 is 13.2 Å². The Morgan fingerprint density at radius 1 is 0.861 bits per heavy atom. The van der Waals surface area contributed by atoms with E-state index in [1.165, 1.54) is 36.9 Å². The Bertz CT molecular complexity index is 1630. The third-order valence-electron chi connectivity index (χ3n) is 5.95. The zero-order valence-electron chi connectivity index (χ0n) is 19.8. The van der Waals surface area contributed by atoms with Crippen molar-refractivity contribution in [2.45, 2.75) is 23.9 Å². The molecule has 0 aliphatic carbocycles. The van der Waals surface area contributed by atoms with Crippen LogP contribution in [0.2, 0.25) is 0 Å². The number of carbonyl (C=O) groups excluding carboxylic acids is 1. The Hall–Kier alpha value is -4.02. The van der Waals surface area contributed by atoms with Gasteiger partial charge in [0.25, 0.3) is 5.56 Å². The monoisotopic (exact) mass is 506 g/mol. The number of hydrogen-bond donors (Lipinski definition) is 2. The Balaban J connectivity index is 1.66. The van der Waals surface area contributed by atoms with Gasteiger partial charge in [0.15, 0.2) is 0 Å². The quantitative estimate of drug-likeness (QED) is 0.375. The molecule has 0 fully saturated rings. The van der Waals surface area contributed by atoms with E-state index >= 15 is 0 Å². The van der Waals surface area contributed by atoms with Gasteiger partial charge in [-0.3, -0.25) is 18.7 Å². The number of hydrogen-bond acceptors (Lipinski definition) is 5. The number of aryl methyl sites for hydroxylation is 1. The van der Waals surface area contributed by atoms with Crippen LogP contribution in [0.25, 0.3) is 10.9 Å². The van der Waals surface area contributed by atoms with Crippen molar-refractivity contribution in [3.8, 4) is 0 Å². The number of sulfonamides is 1. The lowest BCUT2D eigenvalue weighted by Crippen LogP contribution is -2.47. The zero-order chi connectivity index (χ0) is 25.9. The van der Waals surface area contributed by atoms with Crippen molar-refractivity contribution in [2.24, 2.45) is 14.1 Å². The second-order valence-electron chi connectivity index (χ2n) is 8.45. The molecule has 0 bridgehead atoms. The molecule has 36 heavy (non-hydrogen) atoms. The maximum Gasteiger partial charge on any atom is 0.330 e. The fourth-order valence-corrected chi connectivity index (χ4v) is 5.16. The van der Waals surface area contributed by atoms with Gasteiger partial charge in [0, 0.05) is 20.6 Å². The van der Waals surface area contributed by atoms with Crippen molar-refractivity contribution in [3.63, 3.8) is 0 Å². The number of amides is 1. The molecule has 0 saturated carbocycles. The van der Waals surface area contributed by atoms with E-state index in [9.17, 15) is 22.8 Å². The lowest BCUT2D eigenvalue weighted by Gasteiger charge is -2.19. The van der Waals surface area contributed by atoms with Crippen molar-refractivity contribution >= 4 is 26.8 Å². The minimum atomic E-state index is -4.20. The highest BCUT2D eigenvalue weighted by atomic mass is 32.2. The molecule has 1 amide bonds. The van der Waals surface area contributed by atoms with E-state index in [2.05, 4.69) is 10.0 Å². The summed E-state index contributed by atoms with van der Waals surface area (Å²) in [4.78, 5) is 37.7. The largest absolute Gasteiger partial charge is 0.351 e. The fourth-order valence-electron chi connectivity index (χ4n) is 3.94. The van der Waals surface area contributed by atoms with Crippen LogP contribution >= 0.6 is 0 Å². The van der Waals surface area contributed by atoms with E-state index in [1.807, 2.05) is 60.7 Å². The molecule has 1 aromatic heterocycles. The van der Waals surface area contributed by atoms with Crippen molar-refractivity contribution in [1.82, 2.24) is 19.2 Å². The van der Waals surface area contributed by atoms with Gasteiger partial charge in [-0.15, -0.1) is 0 Å². The van der Waals surface area contributed by atoms with Crippen molar-refractivity contribution in [1.29, 1.82) is 0 Å². The van der Waals surface area contributed by atoms with Gasteiger partial charge < -0.3 is 5.32 Å². The number of nitrogens with zero attached hydrogens (tertiary/aromatic N) is 2. The van der Waals surface area contributed by atoms with Gasteiger partial charge in [0.05, 0.1) is 15.8 Å². The number of rotatable bonds is 8. The van der Waals surface area contributed by atoms with Crippen LogP contribution in [0.1, 0.15) is 11.1 Å². The number of aromatic nitrogens is 2. The Labute approximate surface area is 208 Å². The molecule has 2 N–H and O–H groups in total. The van der Waals surface area contributed by atoms with E-state index in [0.717, 1.165) is 15.7 Å². The second kappa shape index (κ2) is 10.3. The third kappa shape index (κ3) is 5.29. The van der Waals surface area contributed by atoms with E-state index < -0.39 is 33.2 Å². The first-order valence-electron chi connectivity index (χ1n) is 11.2. The molecule has 1 heterocycles. The molecule has 4 aromatic rings. The van der Waals surface area contributed by atoms with Gasteiger partial charge in [-0.2, -0.15) is 4.72 Å². The molecule has 0 saturated heterocycles. The Kier molecular flexibility index (Phi) is 7.18. The summed E-state index contributed by atoms with van der Waals surface area (Å²) in [6.07, 6.45) is 0.130. The number of carbonyl (C=O) groups is 1. The first kappa shape index (κ1) is 25.1. The van der Waals surface area contributed by atoms with Crippen LogP contribution in [-0.2, 0) is 41.9 Å². The molecule has 0 aliphatic heterocycles. The fraction of sp³-hybridized carbons (Fsp3) is 0.192. The van der Waals surface area contributed by atoms with Crippen LogP contribution in [0.5, 0.6) is 0 Å². The maximum absolute atomic E-state index is 13.3. The highest BCUT2D eigenvalue weighted by molar-refractivity contribution is 7.89. The molecule has 3 aromatic carbocycles. The van der Waals surface area contributed by atoms with Gasteiger partial charge in [-0.05, 0) is 35.7 Å². The molecular weight excluding hydrogens is 480 g/mol. The Morgan fingerprint density at radius 3 is 2.11 bits per heavy atom. The van der Waals surface area contributed by atoms with Crippen LogP contribution in [0.4, 0.5) is 0 Å². The van der Waals surface area contributed by atoms with Crippen LogP contribution in [0.3, 0.4) is 0 Å². The summed E-state index contributed by atoms with van der Waals surface area (Å²) in [7, 11) is -1.36. The van der Waals surface area contributed by atoms with E-state index in [0.29, 0.717) is 5.52 Å². The summed E-state index contributed by atoms with van der Waals surface area (Å²) in [5.74, 6) is -0.481. The van der Waals surface area contributed by atoms with Crippen molar-refractivity contribution in [2.75, 3.05) is 0 Å². The van der Waals surface area contributed by atoms with Gasteiger partial charge >= 0.3 is 5.69 Å². The molecular formula is C26H26N4O5S. The SMILES string of the molecule is Cn1c(=O)c2cc(S(=O)(=O)NC(Cc3ccccc3)C(=O)NCc3ccccc3)ccc2n(C)c1=O. The van der Waals surface area contributed by atoms with Crippen LogP contribution in [0, 0.1) is 0 Å². The maximum atomic E-state index is 13.3. The molecule has 0 aliphatic rings. The summed E-state index contributed by atoms with van der Waals surface area (Å²) in [6.45, 7) is 0.243. The summed E-state index contributed by atoms with van der Waals surface area (Å²) >= 11 is 0. The lowest BCUT2D eigenvalue weighted by molar-refractivity contribution is -0.122. The van der Waals surface area contributed by atoms with E-state index in [-0.39, 0.29) is 23.2 Å². The summed E-state index contributed by atoms with van der Waals surface area (Å²) in [5.41, 5.74) is 0.847. The van der Waals surface area contributed by atoms with Gasteiger partial charge in [-0.25, -0.2) is 13.2 Å². The van der Waals surface area contributed by atoms with Gasteiger partial charge in [-0.1, -0.05) is 60.7 Å². The molecule has 1 unspecified atom stereocenters. The summed E-state index contributed by atoms with van der Waals surface area (Å²) < 4.78 is 31.4. The Morgan fingerprint density at radius 2 is 1.47 bits per heavy atom. The number of benzene rings is 3. The highest BCUT2D eigenvalue weighted by Crippen LogP contribution is 2.17. The molecule has 186 valence electrons. The minimum absolute atomic E-state index is 0.0793. The summed E-state index contributed by atoms with van der Waals surface area (Å²) in [5, 5.41) is 2.88. The highest BCUT2D eigenvalue weighted by Gasteiger charge is 2.27. The molecule has 1 atom stereocenters. The number of nitrogens with one attached hydrogen (secondary N) is 2. The molecule has 0 radical (unpaired) electrons. The average molecular weight is 507 g/mol. The first-order chi connectivity index (χ1) is 17.2.